The van der Waals surface area contributed by atoms with E-state index in [0.717, 1.165) is 62.0 Å². The first-order valence-corrected chi connectivity index (χ1v) is 7.43. The lowest BCUT2D eigenvalue weighted by Gasteiger charge is -2.35. The van der Waals surface area contributed by atoms with E-state index < -0.39 is 0 Å². The van der Waals surface area contributed by atoms with Gasteiger partial charge in [0.25, 0.3) is 0 Å². The topological polar surface area (TPSA) is 41.5 Å². The molecule has 0 saturated carbocycles. The predicted molar refractivity (Wildman–Crippen MR) is 80.9 cm³/mol. The molecular weight excluding hydrogens is 264 g/mol. The number of fused-ring (bicyclic) bond motifs is 1. The quantitative estimate of drug-likeness (QED) is 0.839. The van der Waals surface area contributed by atoms with Gasteiger partial charge in [-0.2, -0.15) is 0 Å². The summed E-state index contributed by atoms with van der Waals surface area (Å²) in [7, 11) is 0. The van der Waals surface area contributed by atoms with Crippen molar-refractivity contribution in [1.29, 1.82) is 0 Å². The van der Waals surface area contributed by atoms with Crippen molar-refractivity contribution >= 4 is 5.82 Å². The standard InChI is InChI=1S/C16H18N4O/c1-2-4-13(5-3-1)15-12-17-14-6-7-20(16(14)18-15)19-8-10-21-11-9-19/h1-5,12H,6-11H2. The van der Waals surface area contributed by atoms with Gasteiger partial charge in [-0.1, -0.05) is 30.3 Å². The summed E-state index contributed by atoms with van der Waals surface area (Å²) < 4.78 is 5.44. The van der Waals surface area contributed by atoms with Crippen LogP contribution in [0.4, 0.5) is 5.82 Å². The van der Waals surface area contributed by atoms with E-state index in [1.54, 1.807) is 0 Å². The largest absolute Gasteiger partial charge is 0.379 e. The highest BCUT2D eigenvalue weighted by Gasteiger charge is 2.28. The number of hydrazine groups is 1. The molecule has 0 bridgehead atoms. The van der Waals surface area contributed by atoms with Crippen LogP contribution in [0.3, 0.4) is 0 Å². The summed E-state index contributed by atoms with van der Waals surface area (Å²) in [6.45, 7) is 4.40. The van der Waals surface area contributed by atoms with Crippen LogP contribution in [-0.2, 0) is 11.2 Å². The Morgan fingerprint density at radius 2 is 1.81 bits per heavy atom. The van der Waals surface area contributed by atoms with E-state index in [1.165, 1.54) is 0 Å². The van der Waals surface area contributed by atoms with Crippen LogP contribution in [0.15, 0.2) is 36.5 Å². The summed E-state index contributed by atoms with van der Waals surface area (Å²) in [5.74, 6) is 1.01. The van der Waals surface area contributed by atoms with Gasteiger partial charge in [0.15, 0.2) is 5.82 Å². The highest BCUT2D eigenvalue weighted by molar-refractivity contribution is 5.62. The first-order chi connectivity index (χ1) is 10.4. The summed E-state index contributed by atoms with van der Waals surface area (Å²) in [6, 6.07) is 10.2. The van der Waals surface area contributed by atoms with E-state index in [2.05, 4.69) is 27.1 Å². The van der Waals surface area contributed by atoms with Crippen LogP contribution in [0.2, 0.25) is 0 Å². The molecule has 4 rings (SSSR count). The van der Waals surface area contributed by atoms with Gasteiger partial charge >= 0.3 is 0 Å². The zero-order valence-electron chi connectivity index (χ0n) is 11.9. The monoisotopic (exact) mass is 282 g/mol. The molecule has 108 valence electrons. The Labute approximate surface area is 124 Å². The SMILES string of the molecule is c1ccc(-c2cnc3c(n2)N(N2CCOCC2)CC3)cc1. The van der Waals surface area contributed by atoms with Gasteiger partial charge < -0.3 is 4.74 Å². The lowest BCUT2D eigenvalue weighted by Crippen LogP contribution is -2.48. The van der Waals surface area contributed by atoms with E-state index >= 15 is 0 Å². The number of rotatable bonds is 2. The molecule has 21 heavy (non-hydrogen) atoms. The molecule has 0 radical (unpaired) electrons. The Morgan fingerprint density at radius 3 is 2.62 bits per heavy atom. The summed E-state index contributed by atoms with van der Waals surface area (Å²) in [6.07, 6.45) is 2.85. The maximum absolute atomic E-state index is 5.44. The van der Waals surface area contributed by atoms with Crippen molar-refractivity contribution in [2.75, 3.05) is 37.9 Å². The van der Waals surface area contributed by atoms with E-state index in [1.807, 2.05) is 24.4 Å². The molecule has 1 aromatic carbocycles. The van der Waals surface area contributed by atoms with Gasteiger partial charge in [0.05, 0.1) is 30.8 Å². The van der Waals surface area contributed by atoms with Crippen molar-refractivity contribution in [2.45, 2.75) is 6.42 Å². The van der Waals surface area contributed by atoms with Crippen LogP contribution < -0.4 is 5.01 Å². The number of anilines is 1. The van der Waals surface area contributed by atoms with Crippen molar-refractivity contribution in [3.63, 3.8) is 0 Å². The fourth-order valence-corrected chi connectivity index (χ4v) is 2.92. The highest BCUT2D eigenvalue weighted by atomic mass is 16.5. The fourth-order valence-electron chi connectivity index (χ4n) is 2.92. The molecule has 5 heteroatoms. The maximum Gasteiger partial charge on any atom is 0.165 e. The first-order valence-electron chi connectivity index (χ1n) is 7.43. The third-order valence-corrected chi connectivity index (χ3v) is 4.03. The van der Waals surface area contributed by atoms with E-state index in [0.29, 0.717) is 0 Å². The van der Waals surface area contributed by atoms with E-state index in [9.17, 15) is 0 Å². The average Bonchev–Trinajstić information content (AvgIpc) is 2.99. The van der Waals surface area contributed by atoms with Crippen molar-refractivity contribution in [3.05, 3.63) is 42.2 Å². The molecular formula is C16H18N4O. The molecule has 3 heterocycles. The van der Waals surface area contributed by atoms with Crippen LogP contribution in [-0.4, -0.2) is 47.8 Å². The van der Waals surface area contributed by atoms with Gasteiger partial charge in [-0.25, -0.2) is 9.99 Å². The van der Waals surface area contributed by atoms with Crippen LogP contribution in [0.5, 0.6) is 0 Å². The van der Waals surface area contributed by atoms with Crippen molar-refractivity contribution in [1.82, 2.24) is 15.0 Å². The third kappa shape index (κ3) is 2.39. The molecule has 0 spiro atoms. The highest BCUT2D eigenvalue weighted by Crippen LogP contribution is 2.28. The van der Waals surface area contributed by atoms with Gasteiger partial charge in [0.1, 0.15) is 0 Å². The smallest absolute Gasteiger partial charge is 0.165 e. The lowest BCUT2D eigenvalue weighted by molar-refractivity contribution is 0.0325. The Bertz CT molecular complexity index is 625. The molecule has 1 saturated heterocycles. The Morgan fingerprint density at radius 1 is 1.00 bits per heavy atom. The van der Waals surface area contributed by atoms with Crippen molar-refractivity contribution < 1.29 is 4.74 Å². The van der Waals surface area contributed by atoms with Gasteiger partial charge in [0, 0.05) is 31.6 Å². The molecule has 0 unspecified atom stereocenters. The predicted octanol–water partition coefficient (Wildman–Crippen LogP) is 1.75. The number of hydrogen-bond acceptors (Lipinski definition) is 5. The average molecular weight is 282 g/mol. The number of aromatic nitrogens is 2. The minimum absolute atomic E-state index is 0.789. The second-order valence-electron chi connectivity index (χ2n) is 5.33. The minimum Gasteiger partial charge on any atom is -0.379 e. The van der Waals surface area contributed by atoms with Gasteiger partial charge in [0.2, 0.25) is 0 Å². The summed E-state index contributed by atoms with van der Waals surface area (Å²) >= 11 is 0. The molecule has 0 aliphatic carbocycles. The molecule has 2 aliphatic heterocycles. The number of hydrogen-bond donors (Lipinski definition) is 0. The third-order valence-electron chi connectivity index (χ3n) is 4.03. The maximum atomic E-state index is 5.44. The second kappa shape index (κ2) is 5.42. The van der Waals surface area contributed by atoms with Gasteiger partial charge in [-0.15, -0.1) is 0 Å². The number of benzene rings is 1. The zero-order valence-corrected chi connectivity index (χ0v) is 11.9. The van der Waals surface area contributed by atoms with Crippen molar-refractivity contribution in [2.24, 2.45) is 0 Å². The Hall–Kier alpha value is -1.98. The van der Waals surface area contributed by atoms with Crippen molar-refractivity contribution in [3.8, 4) is 11.3 Å². The number of ether oxygens (including phenoxy) is 1. The Balaban J connectivity index is 1.67. The molecule has 5 nitrogen and oxygen atoms in total. The zero-order chi connectivity index (χ0) is 14.1. The van der Waals surface area contributed by atoms with Gasteiger partial charge in [-0.05, 0) is 0 Å². The molecule has 0 amide bonds. The molecule has 0 atom stereocenters. The van der Waals surface area contributed by atoms with E-state index in [4.69, 9.17) is 9.72 Å². The van der Waals surface area contributed by atoms with Gasteiger partial charge in [-0.3, -0.25) is 9.99 Å². The Kier molecular flexibility index (Phi) is 3.29. The molecule has 2 aliphatic rings. The minimum atomic E-state index is 0.789. The number of morpholine rings is 1. The second-order valence-corrected chi connectivity index (χ2v) is 5.33. The first kappa shape index (κ1) is 12.7. The molecule has 2 aromatic rings. The summed E-state index contributed by atoms with van der Waals surface area (Å²) in [5, 5.41) is 4.61. The fraction of sp³-hybridized carbons (Fsp3) is 0.375. The van der Waals surface area contributed by atoms with Crippen LogP contribution in [0.1, 0.15) is 5.69 Å². The van der Waals surface area contributed by atoms with Crippen LogP contribution in [0.25, 0.3) is 11.3 Å². The summed E-state index contributed by atoms with van der Waals surface area (Å²) in [4.78, 5) is 9.48. The van der Waals surface area contributed by atoms with Crippen LogP contribution in [0, 0.1) is 0 Å². The molecule has 1 fully saturated rings. The number of nitrogens with zero attached hydrogens (tertiary/aromatic N) is 4. The normalized spacial score (nSPS) is 18.8. The molecule has 1 aromatic heterocycles. The molecule has 0 N–H and O–H groups in total. The van der Waals surface area contributed by atoms with Crippen LogP contribution >= 0.6 is 0 Å². The summed E-state index contributed by atoms with van der Waals surface area (Å²) in [5.41, 5.74) is 3.15. The van der Waals surface area contributed by atoms with E-state index in [-0.39, 0.29) is 0 Å². The lowest BCUT2D eigenvalue weighted by atomic mass is 10.1.